The molecule has 0 atom stereocenters. The predicted molar refractivity (Wildman–Crippen MR) is 72.5 cm³/mol. The molecule has 2 aromatic heterocycles. The summed E-state index contributed by atoms with van der Waals surface area (Å²) >= 11 is 1.15. The van der Waals surface area contributed by atoms with Crippen LogP contribution >= 0.6 is 11.8 Å². The van der Waals surface area contributed by atoms with Gasteiger partial charge >= 0.3 is 5.97 Å². The van der Waals surface area contributed by atoms with Gasteiger partial charge in [0.15, 0.2) is 10.8 Å². The van der Waals surface area contributed by atoms with Crippen LogP contribution in [0.25, 0.3) is 11.2 Å². The summed E-state index contributed by atoms with van der Waals surface area (Å²) in [6.07, 6.45) is 0. The molecule has 0 amide bonds. The van der Waals surface area contributed by atoms with Crippen molar-refractivity contribution in [1.82, 2.24) is 14.6 Å². The van der Waals surface area contributed by atoms with Gasteiger partial charge < -0.3 is 14.9 Å². The Morgan fingerprint density at radius 1 is 1.47 bits per heavy atom. The number of hydrogen-bond acceptors (Lipinski definition) is 6. The fourth-order valence-electron chi connectivity index (χ4n) is 1.60. The number of methoxy groups -OCH3 is 1. The number of carbonyl (C=O) groups is 1. The summed E-state index contributed by atoms with van der Waals surface area (Å²) in [7, 11) is 5.23. The first-order valence-corrected chi connectivity index (χ1v) is 6.47. The summed E-state index contributed by atoms with van der Waals surface area (Å²) in [5, 5.41) is 11.1. The Morgan fingerprint density at radius 3 is 2.79 bits per heavy atom. The maximum atomic E-state index is 10.7. The molecule has 0 fully saturated rings. The van der Waals surface area contributed by atoms with Gasteiger partial charge in [-0.1, -0.05) is 11.8 Å². The van der Waals surface area contributed by atoms with Gasteiger partial charge in [-0.25, -0.2) is 9.66 Å². The fraction of sp³-hybridized carbons (Fsp3) is 0.364. The van der Waals surface area contributed by atoms with E-state index in [9.17, 15) is 4.79 Å². The molecule has 19 heavy (non-hydrogen) atoms. The van der Waals surface area contributed by atoms with E-state index >= 15 is 0 Å². The van der Waals surface area contributed by atoms with Crippen LogP contribution in [0.15, 0.2) is 17.3 Å². The molecule has 0 unspecified atom stereocenters. The molecule has 0 aliphatic heterocycles. The molecule has 0 saturated heterocycles. The molecule has 7 nitrogen and oxygen atoms in total. The van der Waals surface area contributed by atoms with Crippen LogP contribution in [0.1, 0.15) is 0 Å². The van der Waals surface area contributed by atoms with Crippen LogP contribution in [0.3, 0.4) is 0 Å². The average Bonchev–Trinajstić information content (AvgIpc) is 2.73. The Hall–Kier alpha value is -1.96. The highest BCUT2D eigenvalue weighted by Crippen LogP contribution is 2.24. The lowest BCUT2D eigenvalue weighted by Gasteiger charge is -2.16. The largest absolute Gasteiger partial charge is 0.481 e. The van der Waals surface area contributed by atoms with Gasteiger partial charge in [0.1, 0.15) is 5.52 Å². The summed E-state index contributed by atoms with van der Waals surface area (Å²) in [5.74, 6) is -0.438. The summed E-state index contributed by atoms with van der Waals surface area (Å²) in [6.45, 7) is 0. The number of rotatable bonds is 5. The van der Waals surface area contributed by atoms with Crippen LogP contribution in [0.4, 0.5) is 0 Å². The van der Waals surface area contributed by atoms with Gasteiger partial charge in [-0.15, -0.1) is 0 Å². The second kappa shape index (κ2) is 5.35. The molecule has 0 aliphatic rings. The van der Waals surface area contributed by atoms with E-state index in [0.29, 0.717) is 22.2 Å². The van der Waals surface area contributed by atoms with Crippen molar-refractivity contribution < 1.29 is 14.6 Å². The van der Waals surface area contributed by atoms with E-state index in [1.807, 2.05) is 14.1 Å². The molecule has 8 heteroatoms. The molecule has 102 valence electrons. The van der Waals surface area contributed by atoms with E-state index < -0.39 is 5.97 Å². The number of carboxylic acids is 1. The van der Waals surface area contributed by atoms with E-state index in [4.69, 9.17) is 9.84 Å². The minimum absolute atomic E-state index is 0.0473. The lowest BCUT2D eigenvalue weighted by molar-refractivity contribution is -0.133. The normalized spacial score (nSPS) is 10.7. The molecule has 0 radical (unpaired) electrons. The molecule has 0 aromatic carbocycles. The van der Waals surface area contributed by atoms with Crippen molar-refractivity contribution in [2.75, 3.05) is 32.0 Å². The first kappa shape index (κ1) is 13.5. The topological polar surface area (TPSA) is 80.5 Å². The van der Waals surface area contributed by atoms with Gasteiger partial charge in [-0.2, -0.15) is 4.98 Å². The first-order chi connectivity index (χ1) is 9.02. The van der Waals surface area contributed by atoms with Crippen molar-refractivity contribution in [3.8, 4) is 5.88 Å². The molecule has 2 rings (SSSR count). The van der Waals surface area contributed by atoms with Crippen LogP contribution in [0, 0.1) is 0 Å². The molecular formula is C11H14N4O3S. The highest BCUT2D eigenvalue weighted by atomic mass is 32.2. The highest BCUT2D eigenvalue weighted by Gasteiger charge is 2.16. The second-order valence-electron chi connectivity index (χ2n) is 3.93. The van der Waals surface area contributed by atoms with Gasteiger partial charge in [0, 0.05) is 20.2 Å². The number of aliphatic carboxylic acids is 1. The number of hydrogen-bond donors (Lipinski definition) is 1. The maximum absolute atomic E-state index is 10.7. The monoisotopic (exact) mass is 282 g/mol. The van der Waals surface area contributed by atoms with Crippen molar-refractivity contribution in [2.24, 2.45) is 0 Å². The summed E-state index contributed by atoms with van der Waals surface area (Å²) in [4.78, 5) is 19.4. The molecule has 0 saturated carbocycles. The van der Waals surface area contributed by atoms with E-state index in [1.54, 1.807) is 28.9 Å². The molecule has 2 aromatic rings. The number of fused-ring (bicyclic) bond motifs is 1. The summed E-state index contributed by atoms with van der Waals surface area (Å²) < 4.78 is 6.85. The molecule has 1 N–H and O–H groups in total. The van der Waals surface area contributed by atoms with Gasteiger partial charge in [0.25, 0.3) is 0 Å². The van der Waals surface area contributed by atoms with Crippen molar-refractivity contribution in [3.63, 3.8) is 0 Å². The third-order valence-corrected chi connectivity index (χ3v) is 3.27. The Labute approximate surface area is 114 Å². The number of nitrogens with zero attached hydrogens (tertiary/aromatic N) is 4. The Kier molecular flexibility index (Phi) is 3.79. The van der Waals surface area contributed by atoms with E-state index in [0.717, 1.165) is 11.8 Å². The molecule has 0 spiro atoms. The number of thioether (sulfide) groups is 1. The fourth-order valence-corrected chi connectivity index (χ4v) is 2.39. The van der Waals surface area contributed by atoms with Crippen molar-refractivity contribution in [2.45, 2.75) is 5.16 Å². The van der Waals surface area contributed by atoms with Crippen molar-refractivity contribution in [1.29, 1.82) is 0 Å². The Balaban J connectivity index is 2.51. The highest BCUT2D eigenvalue weighted by molar-refractivity contribution is 7.99. The second-order valence-corrected chi connectivity index (χ2v) is 4.87. The van der Waals surface area contributed by atoms with Gasteiger partial charge in [-0.3, -0.25) is 4.79 Å². The molecule has 0 bridgehead atoms. The zero-order valence-corrected chi connectivity index (χ0v) is 11.6. The SMILES string of the molecule is COc1ccc2nc(SCC(=O)O)n(N(C)C)c2n1. The smallest absolute Gasteiger partial charge is 0.313 e. The molecular weight excluding hydrogens is 268 g/mol. The van der Waals surface area contributed by atoms with Gasteiger partial charge in [0.2, 0.25) is 5.88 Å². The zero-order chi connectivity index (χ0) is 14.0. The number of carboxylic acid groups (broad SMARTS) is 1. The average molecular weight is 282 g/mol. The number of ether oxygens (including phenoxy) is 1. The summed E-state index contributed by atoms with van der Waals surface area (Å²) in [6, 6.07) is 3.52. The van der Waals surface area contributed by atoms with Crippen molar-refractivity contribution in [3.05, 3.63) is 12.1 Å². The van der Waals surface area contributed by atoms with Crippen LogP contribution in [0.2, 0.25) is 0 Å². The van der Waals surface area contributed by atoms with Crippen LogP contribution in [0.5, 0.6) is 5.88 Å². The standard InChI is InChI=1S/C11H14N4O3S/c1-14(2)15-10-7(4-5-8(13-10)18-3)12-11(15)19-6-9(16)17/h4-5H,6H2,1-3H3,(H,16,17). The predicted octanol–water partition coefficient (Wildman–Crippen LogP) is 0.814. The lowest BCUT2D eigenvalue weighted by Crippen LogP contribution is -2.26. The number of pyridine rings is 1. The van der Waals surface area contributed by atoms with Gasteiger partial charge in [-0.05, 0) is 6.07 Å². The molecule has 2 heterocycles. The minimum atomic E-state index is -0.882. The van der Waals surface area contributed by atoms with E-state index in [-0.39, 0.29) is 5.75 Å². The Bertz CT molecular complexity index is 611. The Morgan fingerprint density at radius 2 is 2.21 bits per heavy atom. The van der Waals surface area contributed by atoms with Crippen LogP contribution in [-0.4, -0.2) is 52.7 Å². The number of imidazole rings is 1. The van der Waals surface area contributed by atoms with E-state index in [1.165, 1.54) is 0 Å². The van der Waals surface area contributed by atoms with Crippen molar-refractivity contribution >= 4 is 28.9 Å². The first-order valence-electron chi connectivity index (χ1n) is 5.48. The van der Waals surface area contributed by atoms with Crippen LogP contribution in [-0.2, 0) is 4.79 Å². The van der Waals surface area contributed by atoms with E-state index in [2.05, 4.69) is 9.97 Å². The summed E-state index contributed by atoms with van der Waals surface area (Å²) in [5.41, 5.74) is 1.33. The minimum Gasteiger partial charge on any atom is -0.481 e. The third-order valence-electron chi connectivity index (χ3n) is 2.36. The molecule has 0 aliphatic carbocycles. The van der Waals surface area contributed by atoms with Gasteiger partial charge in [0.05, 0.1) is 12.9 Å². The zero-order valence-electron chi connectivity index (χ0n) is 10.8. The quantitative estimate of drug-likeness (QED) is 0.813. The third kappa shape index (κ3) is 2.73. The maximum Gasteiger partial charge on any atom is 0.313 e. The number of aromatic nitrogens is 3. The van der Waals surface area contributed by atoms with Crippen LogP contribution < -0.4 is 9.75 Å². The lowest BCUT2D eigenvalue weighted by atomic mass is 10.4.